The lowest BCUT2D eigenvalue weighted by Crippen LogP contribution is -2.48. The number of aromatic amines is 1. The van der Waals surface area contributed by atoms with Crippen LogP contribution in [0.4, 0.5) is 17.2 Å². The number of H-pyrrole nitrogens is 1. The van der Waals surface area contributed by atoms with E-state index in [0.717, 1.165) is 0 Å². The summed E-state index contributed by atoms with van der Waals surface area (Å²) in [6, 6.07) is 7.07. The summed E-state index contributed by atoms with van der Waals surface area (Å²) in [7, 11) is 2.99. The highest BCUT2D eigenvalue weighted by Crippen LogP contribution is 2.33. The largest absolute Gasteiger partial charge is 0.495 e. The van der Waals surface area contributed by atoms with E-state index in [-0.39, 0.29) is 67.8 Å². The summed E-state index contributed by atoms with van der Waals surface area (Å²) in [6.07, 6.45) is -0.00208. The van der Waals surface area contributed by atoms with Crippen molar-refractivity contribution >= 4 is 34.9 Å². The predicted octanol–water partition coefficient (Wildman–Crippen LogP) is 1.28. The molecule has 39 heavy (non-hydrogen) atoms. The quantitative estimate of drug-likeness (QED) is 0.459. The third-order valence-electron chi connectivity index (χ3n) is 6.48. The Hall–Kier alpha value is -4.09. The Kier molecular flexibility index (Phi) is 9.20. The van der Waals surface area contributed by atoms with Crippen LogP contribution in [0.2, 0.25) is 0 Å². The van der Waals surface area contributed by atoms with Crippen molar-refractivity contribution in [3.05, 3.63) is 45.1 Å². The molecule has 1 saturated heterocycles. The molecule has 1 aliphatic rings. The van der Waals surface area contributed by atoms with Gasteiger partial charge in [-0.25, -0.2) is 4.79 Å². The van der Waals surface area contributed by atoms with Crippen molar-refractivity contribution in [1.29, 1.82) is 0 Å². The van der Waals surface area contributed by atoms with Crippen molar-refractivity contribution in [2.24, 2.45) is 17.8 Å². The van der Waals surface area contributed by atoms with Crippen molar-refractivity contribution in [1.82, 2.24) is 14.5 Å². The second-order valence-corrected chi connectivity index (χ2v) is 10.7. The first-order valence-corrected chi connectivity index (χ1v) is 13.0. The van der Waals surface area contributed by atoms with Gasteiger partial charge in [-0.3, -0.25) is 28.7 Å². The number of carbonyl (C=O) groups excluding carboxylic acids is 3. The van der Waals surface area contributed by atoms with Gasteiger partial charge in [0.05, 0.1) is 25.3 Å². The Morgan fingerprint density at radius 1 is 1.13 bits per heavy atom. The standard InChI is InChI=1S/C27H38N6O6/c1-16(2)12-32(23-24(28)33(13-17(3)4)27(38)29-25(23)36)22(35)15-30(5)26(37)18-11-21(34)31(14-18)19-9-7-8-10-20(19)39-6/h7-10,16-18H,11-15,28H2,1-6H3,(H,29,36,38)/t18-/m1/s1. The van der Waals surface area contributed by atoms with Crippen LogP contribution in [-0.4, -0.2) is 66.0 Å². The summed E-state index contributed by atoms with van der Waals surface area (Å²) < 4.78 is 6.60. The van der Waals surface area contributed by atoms with Crippen molar-refractivity contribution in [2.45, 2.75) is 40.7 Å². The van der Waals surface area contributed by atoms with Gasteiger partial charge in [-0.2, -0.15) is 0 Å². The number of para-hydroxylation sites is 2. The number of nitrogens with two attached hydrogens (primary N) is 1. The average Bonchev–Trinajstić information content (AvgIpc) is 3.26. The Bertz CT molecular complexity index is 1350. The minimum atomic E-state index is -0.769. The molecular formula is C27H38N6O6. The maximum Gasteiger partial charge on any atom is 0.330 e. The lowest BCUT2D eigenvalue weighted by molar-refractivity contribution is -0.137. The number of hydrogen-bond donors (Lipinski definition) is 2. The molecule has 0 radical (unpaired) electrons. The second-order valence-electron chi connectivity index (χ2n) is 10.7. The van der Waals surface area contributed by atoms with Crippen molar-refractivity contribution < 1.29 is 19.1 Å². The molecule has 3 rings (SSSR count). The number of anilines is 3. The fraction of sp³-hybridized carbons (Fsp3) is 0.519. The Morgan fingerprint density at radius 3 is 2.41 bits per heavy atom. The number of methoxy groups -OCH3 is 1. The van der Waals surface area contributed by atoms with Crippen molar-refractivity contribution in [2.75, 3.05) is 49.3 Å². The van der Waals surface area contributed by atoms with Crippen LogP contribution in [0.1, 0.15) is 34.1 Å². The number of amides is 3. The van der Waals surface area contributed by atoms with E-state index in [1.807, 2.05) is 27.7 Å². The van der Waals surface area contributed by atoms with Gasteiger partial charge in [-0.05, 0) is 24.0 Å². The molecule has 0 spiro atoms. The van der Waals surface area contributed by atoms with E-state index in [1.54, 1.807) is 24.3 Å². The Balaban J connectivity index is 1.83. The number of likely N-dealkylation sites (N-methyl/N-ethyl adjacent to an activating group) is 1. The maximum atomic E-state index is 13.5. The SMILES string of the molecule is COc1ccccc1N1C[C@H](C(=O)N(C)CC(=O)N(CC(C)C)c2c(N)n(CC(C)C)c(=O)[nH]c2=O)CC1=O. The predicted molar refractivity (Wildman–Crippen MR) is 149 cm³/mol. The Labute approximate surface area is 227 Å². The van der Waals surface area contributed by atoms with Crippen molar-refractivity contribution in [3.8, 4) is 5.75 Å². The molecule has 2 heterocycles. The topological polar surface area (TPSA) is 151 Å². The van der Waals surface area contributed by atoms with Crippen LogP contribution in [0.3, 0.4) is 0 Å². The van der Waals surface area contributed by atoms with Gasteiger partial charge in [0.1, 0.15) is 11.6 Å². The number of ether oxygens (including phenoxy) is 1. The van der Waals surface area contributed by atoms with Gasteiger partial charge in [0.2, 0.25) is 17.7 Å². The molecule has 3 N–H and O–H groups in total. The number of aromatic nitrogens is 2. The third-order valence-corrected chi connectivity index (χ3v) is 6.48. The van der Waals surface area contributed by atoms with E-state index in [4.69, 9.17) is 10.5 Å². The highest BCUT2D eigenvalue weighted by atomic mass is 16.5. The number of rotatable bonds is 10. The van der Waals surface area contributed by atoms with Gasteiger partial charge >= 0.3 is 5.69 Å². The molecule has 0 bridgehead atoms. The molecule has 1 fully saturated rings. The zero-order chi connectivity index (χ0) is 29.0. The Morgan fingerprint density at radius 2 is 1.79 bits per heavy atom. The first-order valence-electron chi connectivity index (χ1n) is 13.0. The van der Waals surface area contributed by atoms with Crippen LogP contribution < -0.4 is 31.5 Å². The van der Waals surface area contributed by atoms with Crippen LogP contribution in [-0.2, 0) is 20.9 Å². The number of hydrogen-bond acceptors (Lipinski definition) is 7. The molecule has 1 aromatic heterocycles. The number of carbonyl (C=O) groups is 3. The van der Waals surface area contributed by atoms with Crippen LogP contribution in [0.5, 0.6) is 5.75 Å². The molecule has 12 heteroatoms. The van der Waals surface area contributed by atoms with Gasteiger partial charge in [0, 0.05) is 33.1 Å². The summed E-state index contributed by atoms with van der Waals surface area (Å²) in [4.78, 5) is 71.1. The summed E-state index contributed by atoms with van der Waals surface area (Å²) in [6.45, 7) is 7.77. The summed E-state index contributed by atoms with van der Waals surface area (Å²) in [5.41, 5.74) is 5.30. The van der Waals surface area contributed by atoms with E-state index in [0.29, 0.717) is 11.4 Å². The smallest absolute Gasteiger partial charge is 0.330 e. The highest BCUT2D eigenvalue weighted by Gasteiger charge is 2.38. The maximum absolute atomic E-state index is 13.5. The third kappa shape index (κ3) is 6.50. The second kappa shape index (κ2) is 12.2. The lowest BCUT2D eigenvalue weighted by atomic mass is 10.1. The summed E-state index contributed by atoms with van der Waals surface area (Å²) >= 11 is 0. The van der Waals surface area contributed by atoms with E-state index in [1.165, 1.54) is 33.4 Å². The first-order chi connectivity index (χ1) is 18.3. The zero-order valence-corrected chi connectivity index (χ0v) is 23.4. The summed E-state index contributed by atoms with van der Waals surface area (Å²) in [5.74, 6) is -1.33. The number of benzene rings is 1. The number of nitrogens with zero attached hydrogens (tertiary/aromatic N) is 4. The molecule has 0 unspecified atom stereocenters. The summed E-state index contributed by atoms with van der Waals surface area (Å²) in [5, 5.41) is 0. The zero-order valence-electron chi connectivity index (χ0n) is 23.4. The van der Waals surface area contributed by atoms with Crippen LogP contribution in [0.15, 0.2) is 33.9 Å². The van der Waals surface area contributed by atoms with E-state index < -0.39 is 23.1 Å². The number of nitrogen functional groups attached to an aromatic ring is 1. The fourth-order valence-electron chi connectivity index (χ4n) is 4.70. The van der Waals surface area contributed by atoms with Gasteiger partial charge in [-0.1, -0.05) is 39.8 Å². The average molecular weight is 543 g/mol. The molecule has 2 aromatic rings. The van der Waals surface area contributed by atoms with E-state index in [2.05, 4.69) is 4.98 Å². The van der Waals surface area contributed by atoms with Crippen LogP contribution >= 0.6 is 0 Å². The normalized spacial score (nSPS) is 15.2. The molecule has 1 atom stereocenters. The fourth-order valence-corrected chi connectivity index (χ4v) is 4.70. The van der Waals surface area contributed by atoms with Crippen LogP contribution in [0.25, 0.3) is 0 Å². The van der Waals surface area contributed by atoms with Crippen molar-refractivity contribution in [3.63, 3.8) is 0 Å². The minimum Gasteiger partial charge on any atom is -0.495 e. The molecular weight excluding hydrogens is 504 g/mol. The molecule has 1 aromatic carbocycles. The molecule has 0 aliphatic carbocycles. The number of nitrogens with one attached hydrogen (secondary N) is 1. The molecule has 12 nitrogen and oxygen atoms in total. The molecule has 3 amide bonds. The highest BCUT2D eigenvalue weighted by molar-refractivity contribution is 6.03. The molecule has 212 valence electrons. The first kappa shape index (κ1) is 29.5. The monoisotopic (exact) mass is 542 g/mol. The molecule has 1 aliphatic heterocycles. The van der Waals surface area contributed by atoms with Gasteiger partial charge in [0.25, 0.3) is 5.56 Å². The van der Waals surface area contributed by atoms with Gasteiger partial charge in [-0.15, -0.1) is 0 Å². The van der Waals surface area contributed by atoms with Gasteiger partial charge < -0.3 is 25.2 Å². The molecule has 0 saturated carbocycles. The van der Waals surface area contributed by atoms with E-state index in [9.17, 15) is 24.0 Å². The van der Waals surface area contributed by atoms with E-state index >= 15 is 0 Å². The minimum absolute atomic E-state index is 0.00208. The van der Waals surface area contributed by atoms with Crippen LogP contribution in [0, 0.1) is 17.8 Å². The lowest BCUT2D eigenvalue weighted by Gasteiger charge is -2.29. The van der Waals surface area contributed by atoms with Gasteiger partial charge in [0.15, 0.2) is 5.69 Å².